The third kappa shape index (κ3) is 3.46. The summed E-state index contributed by atoms with van der Waals surface area (Å²) >= 11 is 0. The van der Waals surface area contributed by atoms with Gasteiger partial charge in [-0.25, -0.2) is 14.3 Å². The molecule has 0 bridgehead atoms. The van der Waals surface area contributed by atoms with E-state index in [1.807, 2.05) is 61.5 Å². The van der Waals surface area contributed by atoms with Crippen LogP contribution in [-0.4, -0.2) is 34.4 Å². The lowest BCUT2D eigenvalue weighted by Crippen LogP contribution is -2.22. The number of aromatic nitrogens is 2. The predicted octanol–water partition coefficient (Wildman–Crippen LogP) is 3.32. The predicted molar refractivity (Wildman–Crippen MR) is 98.5 cm³/mol. The molecule has 0 unspecified atom stereocenters. The Balaban J connectivity index is 1.75. The third-order valence-corrected chi connectivity index (χ3v) is 4.38. The van der Waals surface area contributed by atoms with Crippen molar-refractivity contribution in [3.8, 4) is 16.9 Å². The lowest BCUT2D eigenvalue weighted by molar-refractivity contribution is -0.145. The van der Waals surface area contributed by atoms with Crippen molar-refractivity contribution in [2.45, 2.75) is 19.4 Å². The molecule has 0 spiro atoms. The van der Waals surface area contributed by atoms with E-state index in [-0.39, 0.29) is 6.61 Å². The minimum atomic E-state index is -0.858. The summed E-state index contributed by atoms with van der Waals surface area (Å²) in [5, 5.41) is 4.61. The molecule has 4 rings (SSSR count). The van der Waals surface area contributed by atoms with E-state index in [2.05, 4.69) is 5.10 Å². The number of hydrogen-bond acceptors (Lipinski definition) is 5. The zero-order valence-electron chi connectivity index (χ0n) is 14.8. The first-order chi connectivity index (χ1) is 13.1. The van der Waals surface area contributed by atoms with Crippen molar-refractivity contribution in [2.24, 2.45) is 0 Å². The number of hydrogen-bond donors (Lipinski definition) is 0. The van der Waals surface area contributed by atoms with Crippen molar-refractivity contribution in [3.05, 3.63) is 71.9 Å². The van der Waals surface area contributed by atoms with Gasteiger partial charge < -0.3 is 9.47 Å². The molecule has 1 saturated heterocycles. The van der Waals surface area contributed by atoms with Crippen LogP contribution >= 0.6 is 0 Å². The molecule has 2 heterocycles. The monoisotopic (exact) mass is 362 g/mol. The van der Waals surface area contributed by atoms with E-state index in [0.717, 1.165) is 16.8 Å². The quantitative estimate of drug-likeness (QED) is 0.666. The first kappa shape index (κ1) is 17.0. The van der Waals surface area contributed by atoms with Crippen LogP contribution in [0.2, 0.25) is 0 Å². The summed E-state index contributed by atoms with van der Waals surface area (Å²) in [5.74, 6) is -1.09. The molecule has 3 aromatic rings. The van der Waals surface area contributed by atoms with Crippen LogP contribution in [0.3, 0.4) is 0 Å². The van der Waals surface area contributed by atoms with Crippen LogP contribution in [0.5, 0.6) is 0 Å². The van der Waals surface area contributed by atoms with Gasteiger partial charge in [-0.1, -0.05) is 42.0 Å². The zero-order chi connectivity index (χ0) is 18.8. The number of aryl methyl sites for hydroxylation is 1. The molecular weight excluding hydrogens is 344 g/mol. The molecular formula is C21H18N2O4. The number of benzene rings is 2. The molecule has 1 atom stereocenters. The highest BCUT2D eigenvalue weighted by molar-refractivity contribution is 5.97. The average Bonchev–Trinajstić information content (AvgIpc) is 3.29. The largest absolute Gasteiger partial charge is 0.463 e. The van der Waals surface area contributed by atoms with Crippen molar-refractivity contribution < 1.29 is 19.1 Å². The Morgan fingerprint density at radius 2 is 2.00 bits per heavy atom. The molecule has 0 radical (unpaired) electrons. The SMILES string of the molecule is Cc1cccc(-c2nn(-c3ccccc3)cc2C(=O)O[C@@H]2CCOC2=O)c1. The number of ether oxygens (including phenoxy) is 2. The fraction of sp³-hybridized carbons (Fsp3) is 0.190. The van der Waals surface area contributed by atoms with Gasteiger partial charge in [0.05, 0.1) is 12.3 Å². The third-order valence-electron chi connectivity index (χ3n) is 4.38. The summed E-state index contributed by atoms with van der Waals surface area (Å²) in [6.45, 7) is 2.25. The maximum absolute atomic E-state index is 12.8. The minimum absolute atomic E-state index is 0.269. The molecule has 0 saturated carbocycles. The highest BCUT2D eigenvalue weighted by Crippen LogP contribution is 2.26. The fourth-order valence-electron chi connectivity index (χ4n) is 3.02. The van der Waals surface area contributed by atoms with E-state index in [9.17, 15) is 9.59 Å². The Hall–Kier alpha value is -3.41. The molecule has 1 aromatic heterocycles. The van der Waals surface area contributed by atoms with Crippen LogP contribution in [0.25, 0.3) is 16.9 Å². The van der Waals surface area contributed by atoms with Crippen LogP contribution in [-0.2, 0) is 14.3 Å². The highest BCUT2D eigenvalue weighted by atomic mass is 16.6. The van der Waals surface area contributed by atoms with Crippen LogP contribution in [0.15, 0.2) is 60.8 Å². The van der Waals surface area contributed by atoms with Crippen molar-refractivity contribution >= 4 is 11.9 Å². The Labute approximate surface area is 156 Å². The molecule has 2 aromatic carbocycles. The van der Waals surface area contributed by atoms with E-state index in [1.54, 1.807) is 10.9 Å². The Kier molecular flexibility index (Phi) is 4.46. The molecule has 1 aliphatic rings. The molecule has 1 fully saturated rings. The second kappa shape index (κ2) is 7.07. The molecule has 0 aliphatic carbocycles. The zero-order valence-corrected chi connectivity index (χ0v) is 14.8. The number of cyclic esters (lactones) is 1. The van der Waals surface area contributed by atoms with Crippen LogP contribution in [0, 0.1) is 6.92 Å². The summed E-state index contributed by atoms with van der Waals surface area (Å²) in [5.41, 5.74) is 3.51. The topological polar surface area (TPSA) is 70.4 Å². The maximum atomic E-state index is 12.8. The normalized spacial score (nSPS) is 16.2. The van der Waals surface area contributed by atoms with E-state index in [0.29, 0.717) is 17.7 Å². The molecule has 1 aliphatic heterocycles. The van der Waals surface area contributed by atoms with Gasteiger partial charge in [-0.2, -0.15) is 5.10 Å². The summed E-state index contributed by atoms with van der Waals surface area (Å²) < 4.78 is 11.9. The minimum Gasteiger partial charge on any atom is -0.463 e. The molecule has 6 nitrogen and oxygen atoms in total. The summed E-state index contributed by atoms with van der Waals surface area (Å²) in [4.78, 5) is 24.4. The van der Waals surface area contributed by atoms with Crippen molar-refractivity contribution in [1.29, 1.82) is 0 Å². The number of nitrogens with zero attached hydrogens (tertiary/aromatic N) is 2. The van der Waals surface area contributed by atoms with Gasteiger partial charge >= 0.3 is 11.9 Å². The standard InChI is InChI=1S/C21H18N2O4/c1-14-6-5-7-15(12-14)19-17(20(24)27-18-10-11-26-21(18)25)13-23(22-19)16-8-3-2-4-9-16/h2-9,12-13,18H,10-11H2,1H3/t18-/m1/s1. The molecule has 27 heavy (non-hydrogen) atoms. The molecule has 0 N–H and O–H groups in total. The fourth-order valence-corrected chi connectivity index (χ4v) is 3.02. The van der Waals surface area contributed by atoms with Gasteiger partial charge in [-0.05, 0) is 25.1 Å². The molecule has 0 amide bonds. The van der Waals surface area contributed by atoms with Crippen molar-refractivity contribution in [3.63, 3.8) is 0 Å². The van der Waals surface area contributed by atoms with Gasteiger partial charge in [0, 0.05) is 18.2 Å². The van der Waals surface area contributed by atoms with Gasteiger partial charge in [0.25, 0.3) is 0 Å². The lowest BCUT2D eigenvalue weighted by atomic mass is 10.1. The highest BCUT2D eigenvalue weighted by Gasteiger charge is 2.32. The Morgan fingerprint density at radius 3 is 2.70 bits per heavy atom. The Morgan fingerprint density at radius 1 is 1.19 bits per heavy atom. The van der Waals surface area contributed by atoms with E-state index < -0.39 is 18.0 Å². The van der Waals surface area contributed by atoms with Crippen LogP contribution in [0.4, 0.5) is 0 Å². The smallest absolute Gasteiger partial charge is 0.347 e. The van der Waals surface area contributed by atoms with E-state index in [4.69, 9.17) is 9.47 Å². The number of carbonyl (C=O) groups excluding carboxylic acids is 2. The first-order valence-corrected chi connectivity index (χ1v) is 8.71. The summed E-state index contributed by atoms with van der Waals surface area (Å²) in [6.07, 6.45) is 1.15. The average molecular weight is 362 g/mol. The molecule has 6 heteroatoms. The lowest BCUT2D eigenvalue weighted by Gasteiger charge is -2.08. The van der Waals surface area contributed by atoms with E-state index in [1.165, 1.54) is 0 Å². The van der Waals surface area contributed by atoms with Gasteiger partial charge in [0.1, 0.15) is 11.3 Å². The number of rotatable bonds is 4. The van der Waals surface area contributed by atoms with Crippen molar-refractivity contribution in [2.75, 3.05) is 6.61 Å². The first-order valence-electron chi connectivity index (χ1n) is 8.71. The summed E-state index contributed by atoms with van der Waals surface area (Å²) in [7, 11) is 0. The van der Waals surface area contributed by atoms with E-state index >= 15 is 0 Å². The van der Waals surface area contributed by atoms with Gasteiger partial charge in [0.15, 0.2) is 0 Å². The Bertz CT molecular complexity index is 994. The maximum Gasteiger partial charge on any atom is 0.347 e. The van der Waals surface area contributed by atoms with Crippen LogP contribution < -0.4 is 0 Å². The van der Waals surface area contributed by atoms with Gasteiger partial charge in [-0.3, -0.25) is 0 Å². The number of carbonyl (C=O) groups is 2. The van der Waals surface area contributed by atoms with Crippen LogP contribution in [0.1, 0.15) is 22.3 Å². The van der Waals surface area contributed by atoms with Gasteiger partial charge in [0.2, 0.25) is 6.10 Å². The second-order valence-electron chi connectivity index (χ2n) is 6.39. The number of para-hydroxylation sites is 1. The molecule has 136 valence electrons. The summed E-state index contributed by atoms with van der Waals surface area (Å²) in [6, 6.07) is 17.2. The van der Waals surface area contributed by atoms with Crippen molar-refractivity contribution in [1.82, 2.24) is 9.78 Å². The number of esters is 2. The van der Waals surface area contributed by atoms with Gasteiger partial charge in [-0.15, -0.1) is 0 Å². The second-order valence-corrected chi connectivity index (χ2v) is 6.39.